The molecule has 1 aliphatic heterocycles. The third-order valence-corrected chi connectivity index (χ3v) is 1.04. The van der Waals surface area contributed by atoms with E-state index in [1.165, 1.54) is 0 Å². The molecule has 1 heterocycles. The molecule has 0 spiro atoms. The highest BCUT2D eigenvalue weighted by Gasteiger charge is 2.00. The van der Waals surface area contributed by atoms with Crippen LogP contribution in [0.15, 0.2) is 11.8 Å². The normalized spacial score (nSPS) is 19.1. The molecule has 0 N–H and O–H groups in total. The van der Waals surface area contributed by atoms with Crippen molar-refractivity contribution in [3.8, 4) is 0 Å². The van der Waals surface area contributed by atoms with E-state index in [0.29, 0.717) is 6.61 Å². The summed E-state index contributed by atoms with van der Waals surface area (Å²) < 4.78 is 4.99. The van der Waals surface area contributed by atoms with Gasteiger partial charge in [0.25, 0.3) is 0 Å². The maximum Gasteiger partial charge on any atom is 0.186 e. The summed E-state index contributed by atoms with van der Waals surface area (Å²) in [5.41, 5.74) is 0.747. The summed E-state index contributed by atoms with van der Waals surface area (Å²) >= 11 is 0. The smallest absolute Gasteiger partial charge is 0.186 e. The molecule has 0 aromatic heterocycles. The van der Waals surface area contributed by atoms with Crippen LogP contribution in [0.3, 0.4) is 0 Å². The Bertz CT molecular complexity index is 143. The van der Waals surface area contributed by atoms with Crippen LogP contribution in [-0.4, -0.2) is 13.2 Å². The fraction of sp³-hybridized carbons (Fsp3) is 0.500. The van der Waals surface area contributed by atoms with Gasteiger partial charge in [-0.05, 0) is 6.42 Å². The number of ether oxygens (including phenoxy) is 1. The minimum atomic E-state index is 0.517. The molecule has 0 atom stereocenters. The van der Waals surface area contributed by atoms with Gasteiger partial charge in [0.05, 0.1) is 13.2 Å². The molecule has 0 fully saturated rings. The number of nitrogens with zero attached hydrogens (tertiary/aromatic N) is 1. The third-order valence-electron chi connectivity index (χ3n) is 1.04. The summed E-state index contributed by atoms with van der Waals surface area (Å²) in [6.45, 7) is 7.87. The Kier molecular flexibility index (Phi) is 1.66. The lowest BCUT2D eigenvalue weighted by Crippen LogP contribution is -2.02. The van der Waals surface area contributed by atoms with Crippen molar-refractivity contribution in [2.45, 2.75) is 6.42 Å². The first kappa shape index (κ1) is 5.33. The zero-order valence-corrected chi connectivity index (χ0v) is 4.55. The Hall–Kier alpha value is -0.810. The maximum absolute atomic E-state index is 6.57. The standard InChI is InChI=1S/C6H7NO/c1-7-6-3-2-4-8-5-6/h3H,2,4-5H2. The van der Waals surface area contributed by atoms with E-state index in [0.717, 1.165) is 18.7 Å². The van der Waals surface area contributed by atoms with E-state index in [-0.39, 0.29) is 0 Å². The molecule has 1 rings (SSSR count). The Balaban J connectivity index is 2.53. The average Bonchev–Trinajstić information content (AvgIpc) is 1.90. The van der Waals surface area contributed by atoms with Crippen molar-refractivity contribution >= 4 is 0 Å². The largest absolute Gasteiger partial charge is 0.387 e. The van der Waals surface area contributed by atoms with E-state index >= 15 is 0 Å². The van der Waals surface area contributed by atoms with Gasteiger partial charge in [-0.1, -0.05) is 6.08 Å². The van der Waals surface area contributed by atoms with Gasteiger partial charge in [-0.3, -0.25) is 0 Å². The van der Waals surface area contributed by atoms with E-state index < -0.39 is 0 Å². The lowest BCUT2D eigenvalue weighted by molar-refractivity contribution is 0.153. The first-order valence-corrected chi connectivity index (χ1v) is 2.58. The van der Waals surface area contributed by atoms with Gasteiger partial charge in [0.2, 0.25) is 0 Å². The van der Waals surface area contributed by atoms with Crippen molar-refractivity contribution in [2.75, 3.05) is 13.2 Å². The van der Waals surface area contributed by atoms with Crippen LogP contribution in [-0.2, 0) is 4.74 Å². The molecule has 2 heteroatoms. The van der Waals surface area contributed by atoms with Crippen molar-refractivity contribution in [1.82, 2.24) is 0 Å². The van der Waals surface area contributed by atoms with Gasteiger partial charge in [0, 0.05) is 6.61 Å². The predicted octanol–water partition coefficient (Wildman–Crippen LogP) is 1.21. The van der Waals surface area contributed by atoms with Crippen LogP contribution < -0.4 is 0 Å². The van der Waals surface area contributed by atoms with Crippen LogP contribution in [0, 0.1) is 6.57 Å². The van der Waals surface area contributed by atoms with Crippen LogP contribution in [0.2, 0.25) is 0 Å². The second-order valence-corrected chi connectivity index (χ2v) is 1.65. The maximum atomic E-state index is 6.57. The van der Waals surface area contributed by atoms with Crippen molar-refractivity contribution in [3.63, 3.8) is 0 Å². The minimum Gasteiger partial charge on any atom is -0.387 e. The molecule has 0 saturated carbocycles. The Labute approximate surface area is 48.6 Å². The fourth-order valence-electron chi connectivity index (χ4n) is 0.622. The van der Waals surface area contributed by atoms with Crippen molar-refractivity contribution in [3.05, 3.63) is 23.2 Å². The molecule has 0 saturated heterocycles. The lowest BCUT2D eigenvalue weighted by Gasteiger charge is -2.05. The summed E-state index contributed by atoms with van der Waals surface area (Å²) in [5.74, 6) is 0. The van der Waals surface area contributed by atoms with Gasteiger partial charge in [0.1, 0.15) is 0 Å². The van der Waals surface area contributed by atoms with Gasteiger partial charge >= 0.3 is 0 Å². The predicted molar refractivity (Wildman–Crippen MR) is 30.1 cm³/mol. The zero-order chi connectivity index (χ0) is 5.82. The molecule has 0 aliphatic carbocycles. The van der Waals surface area contributed by atoms with E-state index in [4.69, 9.17) is 11.3 Å². The monoisotopic (exact) mass is 109 g/mol. The molecule has 0 radical (unpaired) electrons. The lowest BCUT2D eigenvalue weighted by atomic mass is 10.3. The molecule has 0 bridgehead atoms. The van der Waals surface area contributed by atoms with Crippen LogP contribution in [0.5, 0.6) is 0 Å². The summed E-state index contributed by atoms with van der Waals surface area (Å²) in [7, 11) is 0. The second kappa shape index (κ2) is 2.49. The molecule has 0 unspecified atom stereocenters. The van der Waals surface area contributed by atoms with Gasteiger partial charge < -0.3 is 4.74 Å². The van der Waals surface area contributed by atoms with E-state index in [9.17, 15) is 0 Å². The van der Waals surface area contributed by atoms with Crippen LogP contribution in [0.1, 0.15) is 6.42 Å². The van der Waals surface area contributed by atoms with Crippen LogP contribution in [0.25, 0.3) is 4.85 Å². The van der Waals surface area contributed by atoms with E-state index in [1.54, 1.807) is 0 Å². The third kappa shape index (κ3) is 1.08. The van der Waals surface area contributed by atoms with Crippen LogP contribution >= 0.6 is 0 Å². The number of hydrogen-bond acceptors (Lipinski definition) is 1. The van der Waals surface area contributed by atoms with Gasteiger partial charge in [-0.25, -0.2) is 4.85 Å². The Morgan fingerprint density at radius 3 is 3.00 bits per heavy atom. The second-order valence-electron chi connectivity index (χ2n) is 1.65. The zero-order valence-electron chi connectivity index (χ0n) is 4.55. The average molecular weight is 109 g/mol. The topological polar surface area (TPSA) is 13.6 Å². The van der Waals surface area contributed by atoms with Gasteiger partial charge in [0.15, 0.2) is 5.70 Å². The first-order valence-electron chi connectivity index (χ1n) is 2.58. The van der Waals surface area contributed by atoms with Crippen molar-refractivity contribution in [1.29, 1.82) is 0 Å². The highest BCUT2D eigenvalue weighted by atomic mass is 16.5. The number of rotatable bonds is 0. The quantitative estimate of drug-likeness (QED) is 0.426. The van der Waals surface area contributed by atoms with Crippen molar-refractivity contribution < 1.29 is 4.74 Å². The molecule has 8 heavy (non-hydrogen) atoms. The van der Waals surface area contributed by atoms with Crippen LogP contribution in [0.4, 0.5) is 0 Å². The highest BCUT2D eigenvalue weighted by Crippen LogP contribution is 2.05. The minimum absolute atomic E-state index is 0.517. The summed E-state index contributed by atoms with van der Waals surface area (Å²) in [6.07, 6.45) is 2.83. The highest BCUT2D eigenvalue weighted by molar-refractivity contribution is 5.11. The molecule has 1 aliphatic rings. The number of hydrogen-bond donors (Lipinski definition) is 0. The summed E-state index contributed by atoms with van der Waals surface area (Å²) in [5, 5.41) is 0. The first-order chi connectivity index (χ1) is 3.93. The summed E-state index contributed by atoms with van der Waals surface area (Å²) in [4.78, 5) is 3.23. The summed E-state index contributed by atoms with van der Waals surface area (Å²) in [6, 6.07) is 0. The van der Waals surface area contributed by atoms with Gasteiger partial charge in [-0.2, -0.15) is 0 Å². The molecule has 42 valence electrons. The molecule has 0 amide bonds. The van der Waals surface area contributed by atoms with Gasteiger partial charge in [-0.15, -0.1) is 0 Å². The van der Waals surface area contributed by atoms with Crippen molar-refractivity contribution in [2.24, 2.45) is 0 Å². The molecular weight excluding hydrogens is 102 g/mol. The molecule has 2 nitrogen and oxygen atoms in total. The Morgan fingerprint density at radius 1 is 1.75 bits per heavy atom. The fourth-order valence-corrected chi connectivity index (χ4v) is 0.622. The molecule has 0 aromatic rings. The molecule has 0 aromatic carbocycles. The SMILES string of the molecule is [C-]#[N+]C1=CCCOC1. The molecular formula is C6H7NO. The van der Waals surface area contributed by atoms with E-state index in [1.807, 2.05) is 6.08 Å². The van der Waals surface area contributed by atoms with E-state index in [2.05, 4.69) is 4.85 Å². The Morgan fingerprint density at radius 2 is 2.62 bits per heavy atom.